The molecule has 0 amide bonds. The van der Waals surface area contributed by atoms with Crippen molar-refractivity contribution < 1.29 is 17.9 Å². The fourth-order valence-corrected chi connectivity index (χ4v) is 1.53. The Labute approximate surface area is 90.6 Å². The lowest BCUT2D eigenvalue weighted by atomic mass is 10.4. The summed E-state index contributed by atoms with van der Waals surface area (Å²) in [5.41, 5.74) is 0.378. The molecule has 0 aromatic carbocycles. The molecule has 0 bridgehead atoms. The zero-order valence-electron chi connectivity index (χ0n) is 7.12. The normalized spacial score (nSPS) is 12.0. The highest BCUT2D eigenvalue weighted by Gasteiger charge is 2.31. The first-order valence-corrected chi connectivity index (χ1v) is 4.63. The van der Waals surface area contributed by atoms with E-state index in [1.54, 1.807) is 10.6 Å². The second-order valence-electron chi connectivity index (χ2n) is 2.74. The number of hydrogen-bond acceptors (Lipinski definition) is 2. The molecule has 0 aliphatic heterocycles. The quantitative estimate of drug-likeness (QED) is 0.803. The van der Waals surface area contributed by atoms with E-state index in [9.17, 15) is 13.2 Å². The third-order valence-corrected chi connectivity index (χ3v) is 2.02. The van der Waals surface area contributed by atoms with Crippen LogP contribution in [0.1, 0.15) is 0 Å². The van der Waals surface area contributed by atoms with Gasteiger partial charge in [0.05, 0.1) is 0 Å². The Bertz CT molecular complexity index is 494. The number of hydrogen-bond donors (Lipinski definition) is 0. The van der Waals surface area contributed by atoms with Gasteiger partial charge in [-0.15, -0.1) is 13.2 Å². The first-order chi connectivity index (χ1) is 6.94. The van der Waals surface area contributed by atoms with Crippen molar-refractivity contribution in [2.75, 3.05) is 0 Å². The minimum absolute atomic E-state index is 0.284. The summed E-state index contributed by atoms with van der Waals surface area (Å²) in [6, 6.07) is 2.42. The largest absolute Gasteiger partial charge is 0.573 e. The van der Waals surface area contributed by atoms with E-state index in [1.807, 2.05) is 0 Å². The minimum Gasteiger partial charge on any atom is -0.406 e. The van der Waals surface area contributed by atoms with Crippen molar-refractivity contribution in [3.63, 3.8) is 0 Å². The second-order valence-corrected chi connectivity index (χ2v) is 3.55. The van der Waals surface area contributed by atoms with Gasteiger partial charge in [0, 0.05) is 18.5 Å². The Balaban J connectivity index is 2.38. The van der Waals surface area contributed by atoms with E-state index >= 15 is 0 Å². The molecule has 7 heteroatoms. The van der Waals surface area contributed by atoms with Gasteiger partial charge < -0.3 is 9.14 Å². The zero-order chi connectivity index (χ0) is 11.1. The molecule has 2 rings (SSSR count). The van der Waals surface area contributed by atoms with Gasteiger partial charge >= 0.3 is 6.36 Å². The summed E-state index contributed by atoms with van der Waals surface area (Å²) in [5.74, 6) is -0.284. The van der Waals surface area contributed by atoms with E-state index in [4.69, 9.17) is 0 Å². The molecule has 0 radical (unpaired) electrons. The van der Waals surface area contributed by atoms with Crippen LogP contribution in [0.25, 0.3) is 5.65 Å². The van der Waals surface area contributed by atoms with Gasteiger partial charge in [-0.2, -0.15) is 0 Å². The van der Waals surface area contributed by atoms with E-state index in [-0.39, 0.29) is 5.75 Å². The van der Waals surface area contributed by atoms with E-state index < -0.39 is 6.36 Å². The van der Waals surface area contributed by atoms with Crippen LogP contribution >= 0.6 is 15.9 Å². The second kappa shape index (κ2) is 3.41. The molecule has 15 heavy (non-hydrogen) atoms. The molecule has 80 valence electrons. The summed E-state index contributed by atoms with van der Waals surface area (Å²) < 4.78 is 41.5. The molecule has 0 atom stereocenters. The highest BCUT2D eigenvalue weighted by Crippen LogP contribution is 2.24. The molecule has 0 saturated carbocycles. The van der Waals surface area contributed by atoms with Crippen LogP contribution in [0.3, 0.4) is 0 Å². The fourth-order valence-electron chi connectivity index (χ4n) is 1.13. The number of imidazole rings is 1. The van der Waals surface area contributed by atoms with E-state index in [1.165, 1.54) is 18.3 Å². The predicted octanol–water partition coefficient (Wildman–Crippen LogP) is 3.00. The molecule has 0 unspecified atom stereocenters. The van der Waals surface area contributed by atoms with Crippen LogP contribution in [-0.4, -0.2) is 15.7 Å². The van der Waals surface area contributed by atoms with Crippen LogP contribution < -0.4 is 4.74 Å². The lowest BCUT2D eigenvalue weighted by Gasteiger charge is -2.08. The third kappa shape index (κ3) is 2.41. The van der Waals surface area contributed by atoms with Gasteiger partial charge in [0.15, 0.2) is 0 Å². The average molecular weight is 281 g/mol. The van der Waals surface area contributed by atoms with Crippen LogP contribution in [0.4, 0.5) is 13.2 Å². The number of aromatic nitrogens is 2. The Morgan fingerprint density at radius 3 is 2.80 bits per heavy atom. The van der Waals surface area contributed by atoms with Crippen molar-refractivity contribution in [3.8, 4) is 5.75 Å². The fraction of sp³-hybridized carbons (Fsp3) is 0.125. The summed E-state index contributed by atoms with van der Waals surface area (Å²) in [6.07, 6.45) is -1.61. The van der Waals surface area contributed by atoms with Crippen LogP contribution in [0.5, 0.6) is 5.75 Å². The van der Waals surface area contributed by atoms with Crippen LogP contribution in [0.2, 0.25) is 0 Å². The summed E-state index contributed by atoms with van der Waals surface area (Å²) >= 11 is 3.12. The Hall–Kier alpha value is -1.24. The third-order valence-electron chi connectivity index (χ3n) is 1.64. The van der Waals surface area contributed by atoms with Crippen molar-refractivity contribution in [1.82, 2.24) is 9.38 Å². The molecule has 3 nitrogen and oxygen atoms in total. The minimum atomic E-state index is -4.68. The Kier molecular flexibility index (Phi) is 2.34. The zero-order valence-corrected chi connectivity index (χ0v) is 8.71. The number of alkyl halides is 3. The highest BCUT2D eigenvalue weighted by molar-refractivity contribution is 9.10. The number of halogens is 4. The predicted molar refractivity (Wildman–Crippen MR) is 49.6 cm³/mol. The summed E-state index contributed by atoms with van der Waals surface area (Å²) in [7, 11) is 0. The topological polar surface area (TPSA) is 26.5 Å². The van der Waals surface area contributed by atoms with Crippen LogP contribution in [-0.2, 0) is 0 Å². The van der Waals surface area contributed by atoms with Crippen molar-refractivity contribution in [3.05, 3.63) is 29.1 Å². The van der Waals surface area contributed by atoms with Crippen molar-refractivity contribution in [2.45, 2.75) is 6.36 Å². The first-order valence-electron chi connectivity index (χ1n) is 3.84. The molecule has 0 aliphatic carbocycles. The molecule has 0 spiro atoms. The lowest BCUT2D eigenvalue weighted by molar-refractivity contribution is -0.274. The van der Waals surface area contributed by atoms with Gasteiger partial charge in [0.25, 0.3) is 0 Å². The van der Waals surface area contributed by atoms with Gasteiger partial charge in [-0.3, -0.25) is 0 Å². The van der Waals surface area contributed by atoms with E-state index in [0.29, 0.717) is 10.3 Å². The molecular formula is C8H4BrF3N2O. The maximum absolute atomic E-state index is 11.9. The standard InChI is InChI=1S/C8H4BrF3N2O/c9-6-4-14-2-1-5(3-7(14)13-6)15-8(10,11)12/h1-4H. The van der Waals surface area contributed by atoms with Crippen molar-refractivity contribution >= 4 is 21.6 Å². The van der Waals surface area contributed by atoms with Gasteiger partial charge in [0.1, 0.15) is 16.0 Å². The number of ether oxygens (including phenoxy) is 1. The first kappa shape index (κ1) is 10.3. The Morgan fingerprint density at radius 1 is 1.40 bits per heavy atom. The van der Waals surface area contributed by atoms with E-state index in [2.05, 4.69) is 25.7 Å². The van der Waals surface area contributed by atoms with Crippen molar-refractivity contribution in [2.24, 2.45) is 0 Å². The summed E-state index contributed by atoms with van der Waals surface area (Å²) in [4.78, 5) is 3.94. The number of pyridine rings is 1. The maximum atomic E-state index is 11.9. The number of nitrogens with zero attached hydrogens (tertiary/aromatic N) is 2. The van der Waals surface area contributed by atoms with Crippen molar-refractivity contribution in [1.29, 1.82) is 0 Å². The van der Waals surface area contributed by atoms with Gasteiger partial charge in [-0.1, -0.05) is 0 Å². The van der Waals surface area contributed by atoms with E-state index in [0.717, 1.165) is 0 Å². The summed E-state index contributed by atoms with van der Waals surface area (Å²) in [6.45, 7) is 0. The number of rotatable bonds is 1. The highest BCUT2D eigenvalue weighted by atomic mass is 79.9. The molecule has 0 aliphatic rings. The monoisotopic (exact) mass is 280 g/mol. The maximum Gasteiger partial charge on any atom is 0.573 e. The molecule has 0 N–H and O–H groups in total. The lowest BCUT2D eigenvalue weighted by Crippen LogP contribution is -2.17. The average Bonchev–Trinajstić information content (AvgIpc) is 2.40. The smallest absolute Gasteiger partial charge is 0.406 e. The Morgan fingerprint density at radius 2 is 2.13 bits per heavy atom. The molecule has 2 heterocycles. The number of fused-ring (bicyclic) bond motifs is 1. The van der Waals surface area contributed by atoms with Gasteiger partial charge in [0.2, 0.25) is 0 Å². The molecule has 0 saturated heterocycles. The van der Waals surface area contributed by atoms with Gasteiger partial charge in [-0.05, 0) is 22.0 Å². The SMILES string of the molecule is FC(F)(F)Oc1ccn2cc(Br)nc2c1. The molecule has 2 aromatic rings. The van der Waals surface area contributed by atoms with Gasteiger partial charge in [-0.25, -0.2) is 4.98 Å². The molecule has 2 aromatic heterocycles. The molecular weight excluding hydrogens is 277 g/mol. The van der Waals surface area contributed by atoms with Crippen LogP contribution in [0, 0.1) is 0 Å². The summed E-state index contributed by atoms with van der Waals surface area (Å²) in [5, 5.41) is 0. The van der Waals surface area contributed by atoms with Crippen LogP contribution in [0.15, 0.2) is 29.1 Å². The molecule has 0 fully saturated rings.